The highest BCUT2D eigenvalue weighted by Gasteiger charge is 2.27. The Labute approximate surface area is 123 Å². The van der Waals surface area contributed by atoms with E-state index in [1.165, 1.54) is 0 Å². The standard InChI is InChI=1S/C15H22F3NO2/c1-11-4-5-14(20-3)12(8-11)9-13(19-2)6-7-21-10-15(16,17)18/h4-5,8,13,19H,6-7,9-10H2,1-3H3. The molecule has 6 heteroatoms. The third-order valence-electron chi connectivity index (χ3n) is 3.19. The average molecular weight is 305 g/mol. The van der Waals surface area contributed by atoms with Crippen molar-refractivity contribution in [1.82, 2.24) is 5.32 Å². The first kappa shape index (κ1) is 17.8. The maximum atomic E-state index is 12.0. The highest BCUT2D eigenvalue weighted by Crippen LogP contribution is 2.22. The van der Waals surface area contributed by atoms with Crippen molar-refractivity contribution in [3.05, 3.63) is 29.3 Å². The molecule has 1 N–H and O–H groups in total. The lowest BCUT2D eigenvalue weighted by molar-refractivity contribution is -0.174. The second-order valence-corrected chi connectivity index (χ2v) is 4.96. The lowest BCUT2D eigenvalue weighted by Crippen LogP contribution is -2.30. The number of benzene rings is 1. The molecule has 3 nitrogen and oxygen atoms in total. The molecule has 0 aliphatic heterocycles. The van der Waals surface area contributed by atoms with E-state index in [0.717, 1.165) is 16.9 Å². The third kappa shape index (κ3) is 6.82. The Kier molecular flexibility index (Phi) is 6.98. The van der Waals surface area contributed by atoms with Crippen LogP contribution in [0.3, 0.4) is 0 Å². The summed E-state index contributed by atoms with van der Waals surface area (Å²) in [6.45, 7) is 0.861. The Balaban J connectivity index is 2.52. The summed E-state index contributed by atoms with van der Waals surface area (Å²) >= 11 is 0. The van der Waals surface area contributed by atoms with E-state index >= 15 is 0 Å². The average Bonchev–Trinajstić information content (AvgIpc) is 2.41. The fraction of sp³-hybridized carbons (Fsp3) is 0.600. The molecule has 0 aliphatic rings. The van der Waals surface area contributed by atoms with Gasteiger partial charge in [-0.1, -0.05) is 17.7 Å². The molecule has 21 heavy (non-hydrogen) atoms. The molecule has 0 amide bonds. The van der Waals surface area contributed by atoms with Crippen LogP contribution in [0.25, 0.3) is 0 Å². The Morgan fingerprint density at radius 2 is 2.00 bits per heavy atom. The highest BCUT2D eigenvalue weighted by atomic mass is 19.4. The number of rotatable bonds is 8. The van der Waals surface area contributed by atoms with Gasteiger partial charge >= 0.3 is 6.18 Å². The molecule has 1 rings (SSSR count). The Morgan fingerprint density at radius 1 is 1.29 bits per heavy atom. The largest absolute Gasteiger partial charge is 0.496 e. The summed E-state index contributed by atoms with van der Waals surface area (Å²) in [5.74, 6) is 0.789. The van der Waals surface area contributed by atoms with Crippen LogP contribution in [0, 0.1) is 6.92 Å². The van der Waals surface area contributed by atoms with E-state index in [9.17, 15) is 13.2 Å². The number of aryl methyl sites for hydroxylation is 1. The molecular formula is C15H22F3NO2. The summed E-state index contributed by atoms with van der Waals surface area (Å²) in [5.41, 5.74) is 2.15. The maximum absolute atomic E-state index is 12.0. The van der Waals surface area contributed by atoms with E-state index in [2.05, 4.69) is 10.1 Å². The fourth-order valence-electron chi connectivity index (χ4n) is 2.09. The molecule has 1 aromatic carbocycles. The molecule has 0 spiro atoms. The van der Waals surface area contributed by atoms with E-state index < -0.39 is 12.8 Å². The summed E-state index contributed by atoms with van der Waals surface area (Å²) in [5, 5.41) is 3.10. The topological polar surface area (TPSA) is 30.5 Å². The minimum Gasteiger partial charge on any atom is -0.496 e. The molecule has 1 aromatic rings. The second-order valence-electron chi connectivity index (χ2n) is 4.96. The van der Waals surface area contributed by atoms with E-state index in [-0.39, 0.29) is 12.6 Å². The number of hydrogen-bond acceptors (Lipinski definition) is 3. The van der Waals surface area contributed by atoms with Gasteiger partial charge < -0.3 is 14.8 Å². The van der Waals surface area contributed by atoms with Gasteiger partial charge in [-0.25, -0.2) is 0 Å². The van der Waals surface area contributed by atoms with Gasteiger partial charge in [-0.05, 0) is 38.4 Å². The van der Waals surface area contributed by atoms with Crippen LogP contribution < -0.4 is 10.1 Å². The first-order chi connectivity index (χ1) is 9.85. The number of likely N-dealkylation sites (N-methyl/N-ethyl adjacent to an activating group) is 1. The number of halogens is 3. The molecule has 120 valence electrons. The van der Waals surface area contributed by atoms with Crippen molar-refractivity contribution in [1.29, 1.82) is 0 Å². The predicted octanol–water partition coefficient (Wildman–Crippen LogP) is 3.10. The normalized spacial score (nSPS) is 13.2. The summed E-state index contributed by atoms with van der Waals surface area (Å²) < 4.78 is 45.9. The van der Waals surface area contributed by atoms with Gasteiger partial charge in [0.05, 0.1) is 7.11 Å². The highest BCUT2D eigenvalue weighted by molar-refractivity contribution is 5.37. The van der Waals surface area contributed by atoms with Gasteiger partial charge in [-0.15, -0.1) is 0 Å². The van der Waals surface area contributed by atoms with Gasteiger partial charge in [0.25, 0.3) is 0 Å². The Hall–Kier alpha value is -1.27. The fourth-order valence-corrected chi connectivity index (χ4v) is 2.09. The zero-order valence-electron chi connectivity index (χ0n) is 12.6. The van der Waals surface area contributed by atoms with Crippen LogP contribution in [0.5, 0.6) is 5.75 Å². The number of methoxy groups -OCH3 is 1. The van der Waals surface area contributed by atoms with Crippen molar-refractivity contribution in [2.45, 2.75) is 32.0 Å². The lowest BCUT2D eigenvalue weighted by atomic mass is 10.0. The quantitative estimate of drug-likeness (QED) is 0.749. The summed E-state index contributed by atoms with van der Waals surface area (Å²) in [4.78, 5) is 0. The van der Waals surface area contributed by atoms with Crippen LogP contribution in [-0.4, -0.2) is 39.6 Å². The van der Waals surface area contributed by atoms with Crippen molar-refractivity contribution < 1.29 is 22.6 Å². The van der Waals surface area contributed by atoms with Crippen molar-refractivity contribution in [2.24, 2.45) is 0 Å². The molecule has 0 heterocycles. The Morgan fingerprint density at radius 3 is 2.57 bits per heavy atom. The third-order valence-corrected chi connectivity index (χ3v) is 3.19. The van der Waals surface area contributed by atoms with Crippen molar-refractivity contribution in [3.8, 4) is 5.75 Å². The van der Waals surface area contributed by atoms with Gasteiger partial charge in [0.15, 0.2) is 0 Å². The zero-order valence-corrected chi connectivity index (χ0v) is 12.6. The van der Waals surface area contributed by atoms with Crippen molar-refractivity contribution >= 4 is 0 Å². The van der Waals surface area contributed by atoms with Gasteiger partial charge in [-0.3, -0.25) is 0 Å². The van der Waals surface area contributed by atoms with Gasteiger partial charge in [0.1, 0.15) is 12.4 Å². The van der Waals surface area contributed by atoms with Crippen LogP contribution in [-0.2, 0) is 11.2 Å². The van der Waals surface area contributed by atoms with E-state index in [1.54, 1.807) is 14.2 Å². The molecule has 0 radical (unpaired) electrons. The predicted molar refractivity (Wildman–Crippen MR) is 75.8 cm³/mol. The van der Waals surface area contributed by atoms with E-state index in [0.29, 0.717) is 12.8 Å². The molecule has 0 bridgehead atoms. The second kappa shape index (κ2) is 8.24. The summed E-state index contributed by atoms with van der Waals surface area (Å²) in [7, 11) is 3.39. The molecule has 0 fully saturated rings. The molecule has 1 unspecified atom stereocenters. The Bertz CT molecular complexity index is 435. The van der Waals surface area contributed by atoms with Gasteiger partial charge in [0.2, 0.25) is 0 Å². The van der Waals surface area contributed by atoms with Crippen molar-refractivity contribution in [3.63, 3.8) is 0 Å². The van der Waals surface area contributed by atoms with Crippen molar-refractivity contribution in [2.75, 3.05) is 27.4 Å². The summed E-state index contributed by atoms with van der Waals surface area (Å²) in [6.07, 6.45) is -3.09. The number of alkyl halides is 3. The maximum Gasteiger partial charge on any atom is 0.411 e. The number of nitrogens with one attached hydrogen (secondary N) is 1. The van der Waals surface area contributed by atoms with Crippen LogP contribution in [0.15, 0.2) is 18.2 Å². The monoisotopic (exact) mass is 305 g/mol. The molecule has 0 aliphatic carbocycles. The molecular weight excluding hydrogens is 283 g/mol. The number of hydrogen-bond donors (Lipinski definition) is 1. The lowest BCUT2D eigenvalue weighted by Gasteiger charge is -2.18. The number of ether oxygens (including phenoxy) is 2. The first-order valence-electron chi connectivity index (χ1n) is 6.81. The summed E-state index contributed by atoms with van der Waals surface area (Å²) in [6, 6.07) is 5.93. The van der Waals surface area contributed by atoms with E-state index in [4.69, 9.17) is 4.74 Å². The zero-order chi connectivity index (χ0) is 15.9. The van der Waals surface area contributed by atoms with E-state index in [1.807, 2.05) is 25.1 Å². The molecule has 0 saturated heterocycles. The SMILES string of the molecule is CNC(CCOCC(F)(F)F)Cc1cc(C)ccc1OC. The molecule has 0 saturated carbocycles. The van der Waals surface area contributed by atoms with Crippen LogP contribution in [0.1, 0.15) is 17.5 Å². The van der Waals surface area contributed by atoms with Crippen LogP contribution in [0.2, 0.25) is 0 Å². The van der Waals surface area contributed by atoms with Gasteiger partial charge in [-0.2, -0.15) is 13.2 Å². The van der Waals surface area contributed by atoms with Crippen LogP contribution in [0.4, 0.5) is 13.2 Å². The molecule has 1 atom stereocenters. The first-order valence-corrected chi connectivity index (χ1v) is 6.81. The minimum atomic E-state index is -4.27. The van der Waals surface area contributed by atoms with Crippen LogP contribution >= 0.6 is 0 Å². The minimum absolute atomic E-state index is 0.0360. The molecule has 0 aromatic heterocycles. The smallest absolute Gasteiger partial charge is 0.411 e. The van der Waals surface area contributed by atoms with Gasteiger partial charge in [0, 0.05) is 12.6 Å².